The molecular formula is C28H29NO6. The third kappa shape index (κ3) is 3.70. The van der Waals surface area contributed by atoms with Gasteiger partial charge in [0.25, 0.3) is 0 Å². The number of rotatable bonds is 7. The number of nitrogens with one attached hydrogen (secondary N) is 1. The van der Waals surface area contributed by atoms with Crippen LogP contribution in [-0.2, 0) is 23.8 Å². The molecule has 0 heterocycles. The van der Waals surface area contributed by atoms with Gasteiger partial charge in [0.05, 0.1) is 19.1 Å². The van der Waals surface area contributed by atoms with Crippen molar-refractivity contribution in [3.63, 3.8) is 0 Å². The van der Waals surface area contributed by atoms with Gasteiger partial charge in [0.2, 0.25) is 0 Å². The quantitative estimate of drug-likeness (QED) is 0.367. The highest BCUT2D eigenvalue weighted by atomic mass is 16.6. The maximum atomic E-state index is 13.1. The maximum Gasteiger partial charge on any atom is 0.408 e. The van der Waals surface area contributed by atoms with Crippen LogP contribution in [-0.4, -0.2) is 43.4 Å². The summed E-state index contributed by atoms with van der Waals surface area (Å²) < 4.78 is 16.2. The van der Waals surface area contributed by atoms with Gasteiger partial charge in [-0.1, -0.05) is 60.7 Å². The molecule has 3 aliphatic carbocycles. The van der Waals surface area contributed by atoms with Gasteiger partial charge in [-0.15, -0.1) is 0 Å². The average molecular weight is 476 g/mol. The second-order valence-corrected chi connectivity index (χ2v) is 9.31. The Morgan fingerprint density at radius 1 is 0.943 bits per heavy atom. The van der Waals surface area contributed by atoms with Gasteiger partial charge < -0.3 is 19.5 Å². The molecule has 0 aromatic heterocycles. The molecule has 35 heavy (non-hydrogen) atoms. The van der Waals surface area contributed by atoms with E-state index in [0.717, 1.165) is 27.8 Å². The fourth-order valence-corrected chi connectivity index (χ4v) is 6.02. The lowest BCUT2D eigenvalue weighted by Gasteiger charge is -2.30. The molecule has 4 atom stereocenters. The highest BCUT2D eigenvalue weighted by Gasteiger charge is 2.74. The summed E-state index contributed by atoms with van der Waals surface area (Å²) in [5, 5.41) is 2.79. The van der Waals surface area contributed by atoms with E-state index in [1.807, 2.05) is 36.4 Å². The minimum Gasteiger partial charge on any atom is -0.466 e. The Bertz CT molecular complexity index is 1160. The van der Waals surface area contributed by atoms with E-state index in [4.69, 9.17) is 14.2 Å². The van der Waals surface area contributed by atoms with E-state index in [2.05, 4.69) is 24.0 Å². The zero-order valence-corrected chi connectivity index (χ0v) is 19.9. The summed E-state index contributed by atoms with van der Waals surface area (Å²) >= 11 is 0. The Labute approximate surface area is 204 Å². The topological polar surface area (TPSA) is 90.9 Å². The van der Waals surface area contributed by atoms with E-state index in [1.165, 1.54) is 0 Å². The third-order valence-corrected chi connectivity index (χ3v) is 7.43. The Balaban J connectivity index is 1.35. The van der Waals surface area contributed by atoms with E-state index in [9.17, 15) is 14.4 Å². The molecule has 7 heteroatoms. The highest BCUT2D eigenvalue weighted by molar-refractivity contribution is 5.92. The number of hydrogen-bond donors (Lipinski definition) is 1. The minimum absolute atomic E-state index is 0.105. The van der Waals surface area contributed by atoms with Crippen LogP contribution in [0.25, 0.3) is 11.1 Å². The standard InChI is InChI=1S/C28H29NO6/c1-4-33-25(30)23-22-16(3)14-28(24(22)23,26(31)34-5-2)29-27(32)35-15-21-19-12-8-6-10-17(19)18-11-7-9-13-20(18)21/h6-13,21-24H,3-5,14-15H2,1-2H3,(H,29,32)/t22-,23-,24-,28-/m0/s1. The van der Waals surface area contributed by atoms with Crippen LogP contribution in [0.15, 0.2) is 60.7 Å². The summed E-state index contributed by atoms with van der Waals surface area (Å²) in [5.74, 6) is -2.25. The monoisotopic (exact) mass is 475 g/mol. The largest absolute Gasteiger partial charge is 0.466 e. The van der Waals surface area contributed by atoms with Crippen LogP contribution in [0.2, 0.25) is 0 Å². The predicted octanol–water partition coefficient (Wildman–Crippen LogP) is 4.21. The van der Waals surface area contributed by atoms with Crippen LogP contribution < -0.4 is 5.32 Å². The summed E-state index contributed by atoms with van der Waals surface area (Å²) in [7, 11) is 0. The predicted molar refractivity (Wildman–Crippen MR) is 128 cm³/mol. The van der Waals surface area contributed by atoms with E-state index in [-0.39, 0.29) is 44.0 Å². The summed E-state index contributed by atoms with van der Waals surface area (Å²) in [6.45, 7) is 8.02. The number of amides is 1. The number of fused-ring (bicyclic) bond motifs is 4. The molecule has 0 aliphatic heterocycles. The fraction of sp³-hybridized carbons (Fsp3) is 0.393. The number of esters is 2. The van der Waals surface area contributed by atoms with E-state index < -0.39 is 29.4 Å². The molecule has 3 aliphatic rings. The molecule has 5 rings (SSSR count). The SMILES string of the molecule is C=C1C[C@@](NC(=O)OCC2c3ccccc3-c3ccccc32)(C(=O)OCC)[C@H]2[C@@H]1[C@@H]2C(=O)OCC. The van der Waals surface area contributed by atoms with Gasteiger partial charge in [-0.25, -0.2) is 9.59 Å². The first-order valence-electron chi connectivity index (χ1n) is 12.1. The summed E-state index contributed by atoms with van der Waals surface area (Å²) in [6.07, 6.45) is -0.510. The van der Waals surface area contributed by atoms with Crippen molar-refractivity contribution in [2.75, 3.05) is 19.8 Å². The summed E-state index contributed by atoms with van der Waals surface area (Å²) in [6, 6.07) is 16.2. The molecule has 0 bridgehead atoms. The molecule has 0 saturated heterocycles. The maximum absolute atomic E-state index is 13.1. The molecule has 2 saturated carbocycles. The molecule has 1 N–H and O–H groups in total. The Kier molecular flexibility index (Phi) is 5.87. The number of benzene rings is 2. The number of carbonyl (C=O) groups is 3. The van der Waals surface area contributed by atoms with Gasteiger partial charge in [0.15, 0.2) is 0 Å². The fourth-order valence-electron chi connectivity index (χ4n) is 6.02. The zero-order chi connectivity index (χ0) is 24.7. The first-order valence-corrected chi connectivity index (χ1v) is 12.1. The first-order chi connectivity index (χ1) is 16.9. The van der Waals surface area contributed by atoms with Crippen molar-refractivity contribution in [1.82, 2.24) is 5.32 Å². The summed E-state index contributed by atoms with van der Waals surface area (Å²) in [4.78, 5) is 38.7. The second-order valence-electron chi connectivity index (χ2n) is 9.31. The molecule has 2 fully saturated rings. The second kappa shape index (κ2) is 8.87. The van der Waals surface area contributed by atoms with Crippen molar-refractivity contribution in [1.29, 1.82) is 0 Å². The van der Waals surface area contributed by atoms with E-state index in [1.54, 1.807) is 13.8 Å². The van der Waals surface area contributed by atoms with Crippen LogP contribution in [0.3, 0.4) is 0 Å². The van der Waals surface area contributed by atoms with Gasteiger partial charge in [-0.05, 0) is 42.0 Å². The molecule has 0 unspecified atom stereocenters. The van der Waals surface area contributed by atoms with E-state index in [0.29, 0.717) is 0 Å². The number of alkyl carbamates (subject to hydrolysis) is 1. The van der Waals surface area contributed by atoms with Crippen molar-refractivity contribution in [2.45, 2.75) is 31.7 Å². The molecule has 1 amide bonds. The van der Waals surface area contributed by atoms with Crippen molar-refractivity contribution in [3.05, 3.63) is 71.8 Å². The van der Waals surface area contributed by atoms with Crippen molar-refractivity contribution >= 4 is 18.0 Å². The lowest BCUT2D eigenvalue weighted by molar-refractivity contribution is -0.153. The summed E-state index contributed by atoms with van der Waals surface area (Å²) in [5.41, 5.74) is 3.80. The van der Waals surface area contributed by atoms with Crippen molar-refractivity contribution in [2.24, 2.45) is 17.8 Å². The van der Waals surface area contributed by atoms with E-state index >= 15 is 0 Å². The lowest BCUT2D eigenvalue weighted by Crippen LogP contribution is -2.57. The number of ether oxygens (including phenoxy) is 3. The van der Waals surface area contributed by atoms with Crippen LogP contribution in [0.1, 0.15) is 37.3 Å². The third-order valence-electron chi connectivity index (χ3n) is 7.43. The molecule has 0 radical (unpaired) electrons. The average Bonchev–Trinajstić information content (AvgIpc) is 3.45. The van der Waals surface area contributed by atoms with Gasteiger partial charge >= 0.3 is 18.0 Å². The molecule has 7 nitrogen and oxygen atoms in total. The normalized spacial score (nSPS) is 25.8. The number of carbonyl (C=O) groups excluding carboxylic acids is 3. The van der Waals surface area contributed by atoms with Gasteiger partial charge in [0.1, 0.15) is 12.1 Å². The van der Waals surface area contributed by atoms with Crippen LogP contribution in [0.5, 0.6) is 0 Å². The Morgan fingerprint density at radius 2 is 1.54 bits per heavy atom. The first kappa shape index (κ1) is 23.1. The van der Waals surface area contributed by atoms with Crippen LogP contribution >= 0.6 is 0 Å². The highest BCUT2D eigenvalue weighted by Crippen LogP contribution is 2.65. The molecule has 182 valence electrons. The van der Waals surface area contributed by atoms with Crippen LogP contribution in [0.4, 0.5) is 4.79 Å². The Hall–Kier alpha value is -3.61. The van der Waals surface area contributed by atoms with Gasteiger partial charge in [-0.3, -0.25) is 4.79 Å². The van der Waals surface area contributed by atoms with Gasteiger partial charge in [-0.2, -0.15) is 0 Å². The van der Waals surface area contributed by atoms with Crippen molar-refractivity contribution in [3.8, 4) is 11.1 Å². The van der Waals surface area contributed by atoms with Crippen LogP contribution in [0, 0.1) is 17.8 Å². The Morgan fingerprint density at radius 3 is 2.14 bits per heavy atom. The molecule has 2 aromatic rings. The smallest absolute Gasteiger partial charge is 0.408 e. The molecular weight excluding hydrogens is 446 g/mol. The lowest BCUT2D eigenvalue weighted by atomic mass is 9.89. The molecule has 0 spiro atoms. The van der Waals surface area contributed by atoms with Crippen molar-refractivity contribution < 1.29 is 28.6 Å². The number of hydrogen-bond acceptors (Lipinski definition) is 6. The zero-order valence-electron chi connectivity index (χ0n) is 19.9. The van der Waals surface area contributed by atoms with Gasteiger partial charge in [0, 0.05) is 18.3 Å². The molecule has 2 aromatic carbocycles. The minimum atomic E-state index is -1.39.